The van der Waals surface area contributed by atoms with Crippen molar-refractivity contribution in [1.29, 1.82) is 0 Å². The Hall–Kier alpha value is -1.71. The molecule has 2 rings (SSSR count). The molecule has 1 aromatic rings. The fourth-order valence-electron chi connectivity index (χ4n) is 2.38. The van der Waals surface area contributed by atoms with Gasteiger partial charge in [-0.2, -0.15) is 0 Å². The van der Waals surface area contributed by atoms with Crippen molar-refractivity contribution in [3.63, 3.8) is 0 Å². The van der Waals surface area contributed by atoms with Gasteiger partial charge in [0.1, 0.15) is 11.4 Å². The third-order valence-electron chi connectivity index (χ3n) is 3.41. The highest BCUT2D eigenvalue weighted by atomic mass is 16.6. The normalized spacial score (nSPS) is 18.7. The topological polar surface area (TPSA) is 38.8 Å². The monoisotopic (exact) mass is 291 g/mol. The molecule has 116 valence electrons. The van der Waals surface area contributed by atoms with Crippen molar-refractivity contribution in [3.8, 4) is 5.75 Å². The van der Waals surface area contributed by atoms with Gasteiger partial charge in [0.05, 0.1) is 6.61 Å². The Bertz CT molecular complexity index is 493. The Morgan fingerprint density at radius 3 is 2.81 bits per heavy atom. The summed E-state index contributed by atoms with van der Waals surface area (Å²) >= 11 is 0. The molecule has 1 unspecified atom stereocenters. The van der Waals surface area contributed by atoms with Crippen LogP contribution >= 0.6 is 0 Å². The van der Waals surface area contributed by atoms with Gasteiger partial charge in [-0.3, -0.25) is 0 Å². The minimum Gasteiger partial charge on any atom is -0.493 e. The van der Waals surface area contributed by atoms with Crippen LogP contribution in [0.4, 0.5) is 4.79 Å². The maximum Gasteiger partial charge on any atom is 0.410 e. The first-order valence-corrected chi connectivity index (χ1v) is 7.51. The van der Waals surface area contributed by atoms with Crippen molar-refractivity contribution in [3.05, 3.63) is 29.8 Å². The molecule has 1 fully saturated rings. The predicted molar refractivity (Wildman–Crippen MR) is 82.6 cm³/mol. The Balaban J connectivity index is 1.79. The van der Waals surface area contributed by atoms with E-state index in [0.29, 0.717) is 19.1 Å². The van der Waals surface area contributed by atoms with Gasteiger partial charge in [-0.1, -0.05) is 12.1 Å². The van der Waals surface area contributed by atoms with Crippen molar-refractivity contribution in [1.82, 2.24) is 4.90 Å². The van der Waals surface area contributed by atoms with E-state index in [-0.39, 0.29) is 6.09 Å². The molecule has 1 heterocycles. The molecule has 0 aliphatic carbocycles. The van der Waals surface area contributed by atoms with Gasteiger partial charge in [0.25, 0.3) is 0 Å². The molecule has 0 N–H and O–H groups in total. The maximum absolute atomic E-state index is 12.0. The molecule has 4 nitrogen and oxygen atoms in total. The number of benzene rings is 1. The van der Waals surface area contributed by atoms with Crippen LogP contribution in [-0.2, 0) is 4.74 Å². The molecule has 21 heavy (non-hydrogen) atoms. The summed E-state index contributed by atoms with van der Waals surface area (Å²) in [4.78, 5) is 13.8. The zero-order valence-electron chi connectivity index (χ0n) is 13.4. The van der Waals surface area contributed by atoms with Crippen LogP contribution in [0.2, 0.25) is 0 Å². The Kier molecular flexibility index (Phi) is 4.76. The van der Waals surface area contributed by atoms with Crippen LogP contribution in [0.15, 0.2) is 24.3 Å². The van der Waals surface area contributed by atoms with E-state index in [0.717, 1.165) is 18.7 Å². The lowest BCUT2D eigenvalue weighted by molar-refractivity contribution is 0.0285. The lowest BCUT2D eigenvalue weighted by Gasteiger charge is -2.24. The molecule has 0 bridgehead atoms. The fraction of sp³-hybridized carbons (Fsp3) is 0.588. The zero-order chi connectivity index (χ0) is 15.5. The molecule has 1 saturated heterocycles. The highest BCUT2D eigenvalue weighted by Crippen LogP contribution is 2.21. The van der Waals surface area contributed by atoms with Gasteiger partial charge in [0, 0.05) is 19.0 Å². The number of carbonyl (C=O) groups is 1. The van der Waals surface area contributed by atoms with Crippen LogP contribution in [0, 0.1) is 12.8 Å². The standard InChI is InChI=1S/C17H25NO3/c1-13-6-5-7-15(10-13)20-12-14-8-9-18(11-14)16(19)21-17(2,3)4/h5-7,10,14H,8-9,11-12H2,1-4H3. The molecule has 1 aromatic carbocycles. The first kappa shape index (κ1) is 15.7. The maximum atomic E-state index is 12.0. The predicted octanol–water partition coefficient (Wildman–Crippen LogP) is 3.63. The van der Waals surface area contributed by atoms with Crippen molar-refractivity contribution in [2.24, 2.45) is 5.92 Å². The van der Waals surface area contributed by atoms with Crippen LogP contribution in [0.3, 0.4) is 0 Å². The molecule has 1 aliphatic rings. The van der Waals surface area contributed by atoms with Crippen molar-refractivity contribution in [2.75, 3.05) is 19.7 Å². The number of carbonyl (C=O) groups excluding carboxylic acids is 1. The number of aryl methyl sites for hydroxylation is 1. The quantitative estimate of drug-likeness (QED) is 0.853. The molecular formula is C17H25NO3. The Morgan fingerprint density at radius 2 is 2.14 bits per heavy atom. The summed E-state index contributed by atoms with van der Waals surface area (Å²) in [7, 11) is 0. The fourth-order valence-corrected chi connectivity index (χ4v) is 2.38. The van der Waals surface area contributed by atoms with Crippen LogP contribution in [-0.4, -0.2) is 36.3 Å². The van der Waals surface area contributed by atoms with E-state index >= 15 is 0 Å². The summed E-state index contributed by atoms with van der Waals surface area (Å²) in [6, 6.07) is 8.03. The number of rotatable bonds is 3. The second-order valence-electron chi connectivity index (χ2n) is 6.71. The lowest BCUT2D eigenvalue weighted by atomic mass is 10.1. The van der Waals surface area contributed by atoms with Crippen LogP contribution < -0.4 is 4.74 Å². The van der Waals surface area contributed by atoms with Crippen molar-refractivity contribution < 1.29 is 14.3 Å². The lowest BCUT2D eigenvalue weighted by Crippen LogP contribution is -2.35. The first-order valence-electron chi connectivity index (χ1n) is 7.51. The third kappa shape index (κ3) is 4.96. The van der Waals surface area contributed by atoms with E-state index in [1.165, 1.54) is 5.56 Å². The molecule has 4 heteroatoms. The first-order chi connectivity index (χ1) is 9.83. The van der Waals surface area contributed by atoms with E-state index in [1.54, 1.807) is 4.90 Å². The van der Waals surface area contributed by atoms with Gasteiger partial charge in [-0.25, -0.2) is 4.79 Å². The van der Waals surface area contributed by atoms with Crippen molar-refractivity contribution in [2.45, 2.75) is 39.7 Å². The SMILES string of the molecule is Cc1cccc(OCC2CCN(C(=O)OC(C)(C)C)C2)c1. The van der Waals surface area contributed by atoms with Crippen LogP contribution in [0.1, 0.15) is 32.8 Å². The van der Waals surface area contributed by atoms with E-state index in [1.807, 2.05) is 52.0 Å². The minimum atomic E-state index is -0.437. The highest BCUT2D eigenvalue weighted by molar-refractivity contribution is 5.68. The summed E-state index contributed by atoms with van der Waals surface area (Å²) in [5.74, 6) is 1.27. The number of hydrogen-bond donors (Lipinski definition) is 0. The molecule has 0 spiro atoms. The van der Waals surface area contributed by atoms with Crippen molar-refractivity contribution >= 4 is 6.09 Å². The summed E-state index contributed by atoms with van der Waals surface area (Å²) in [6.45, 7) is 9.81. The summed E-state index contributed by atoms with van der Waals surface area (Å²) in [5.41, 5.74) is 0.752. The summed E-state index contributed by atoms with van der Waals surface area (Å²) < 4.78 is 11.2. The smallest absolute Gasteiger partial charge is 0.410 e. The van der Waals surface area contributed by atoms with E-state index in [4.69, 9.17) is 9.47 Å². The van der Waals surface area contributed by atoms with Gasteiger partial charge >= 0.3 is 6.09 Å². The van der Waals surface area contributed by atoms with E-state index in [2.05, 4.69) is 0 Å². The summed E-state index contributed by atoms with van der Waals surface area (Å²) in [5, 5.41) is 0. The Morgan fingerprint density at radius 1 is 1.38 bits per heavy atom. The molecular weight excluding hydrogens is 266 g/mol. The van der Waals surface area contributed by atoms with Gasteiger partial charge in [-0.15, -0.1) is 0 Å². The number of hydrogen-bond acceptors (Lipinski definition) is 3. The number of likely N-dealkylation sites (tertiary alicyclic amines) is 1. The minimum absolute atomic E-state index is 0.222. The molecule has 1 aliphatic heterocycles. The van der Waals surface area contributed by atoms with Gasteiger partial charge < -0.3 is 14.4 Å². The largest absolute Gasteiger partial charge is 0.493 e. The zero-order valence-corrected chi connectivity index (χ0v) is 13.4. The second kappa shape index (κ2) is 6.37. The number of amides is 1. The van der Waals surface area contributed by atoms with Gasteiger partial charge in [-0.05, 0) is 51.8 Å². The van der Waals surface area contributed by atoms with E-state index < -0.39 is 5.60 Å². The molecule has 1 amide bonds. The van der Waals surface area contributed by atoms with Gasteiger partial charge in [0.2, 0.25) is 0 Å². The summed E-state index contributed by atoms with van der Waals surface area (Å²) in [6.07, 6.45) is 0.742. The average molecular weight is 291 g/mol. The number of ether oxygens (including phenoxy) is 2. The van der Waals surface area contributed by atoms with E-state index in [9.17, 15) is 4.79 Å². The number of nitrogens with zero attached hydrogens (tertiary/aromatic N) is 1. The molecule has 0 radical (unpaired) electrons. The molecule has 0 aromatic heterocycles. The third-order valence-corrected chi connectivity index (χ3v) is 3.41. The average Bonchev–Trinajstić information content (AvgIpc) is 2.83. The molecule has 1 atom stereocenters. The molecule has 0 saturated carbocycles. The highest BCUT2D eigenvalue weighted by Gasteiger charge is 2.30. The Labute approximate surface area is 127 Å². The van der Waals surface area contributed by atoms with Gasteiger partial charge in [0.15, 0.2) is 0 Å². The van der Waals surface area contributed by atoms with Crippen LogP contribution in [0.5, 0.6) is 5.75 Å². The van der Waals surface area contributed by atoms with Crippen LogP contribution in [0.25, 0.3) is 0 Å². The second-order valence-corrected chi connectivity index (χ2v) is 6.71.